The molecule has 0 saturated heterocycles. The number of allylic oxidation sites excluding steroid dienone is 1. The highest BCUT2D eigenvalue weighted by Gasteiger charge is 2.22. The molecule has 0 N–H and O–H groups in total. The van der Waals surface area contributed by atoms with Crippen molar-refractivity contribution >= 4 is 8.07 Å². The highest BCUT2D eigenvalue weighted by Crippen LogP contribution is 2.26. The minimum Gasteiger partial charge on any atom is -0.0984 e. The molecule has 0 rings (SSSR count). The highest BCUT2D eigenvalue weighted by atomic mass is 28.3. The van der Waals surface area contributed by atoms with Gasteiger partial charge in [-0.25, -0.2) is 0 Å². The van der Waals surface area contributed by atoms with E-state index in [1.807, 2.05) is 0 Å². The van der Waals surface area contributed by atoms with E-state index in [2.05, 4.69) is 39.1 Å². The molecule has 0 aromatic heterocycles. The third-order valence-corrected chi connectivity index (χ3v) is 13.0. The zero-order valence-electron chi connectivity index (χ0n) is 27.6. The topological polar surface area (TPSA) is 0 Å². The lowest BCUT2D eigenvalue weighted by atomic mass is 10.1. The van der Waals surface area contributed by atoms with E-state index in [1.54, 1.807) is 12.1 Å². The molecule has 0 bridgehead atoms. The Balaban J connectivity index is 4.15. The molecular weight excluding hydrogens is 472 g/mol. The van der Waals surface area contributed by atoms with Crippen molar-refractivity contribution in [1.29, 1.82) is 0 Å². The Morgan fingerprint density at radius 3 is 0.921 bits per heavy atom. The van der Waals surface area contributed by atoms with Crippen LogP contribution in [0.3, 0.4) is 0 Å². The Morgan fingerprint density at radius 1 is 0.342 bits per heavy atom. The monoisotopic (exact) mass is 549 g/mol. The molecule has 0 amide bonds. The molecule has 0 fully saturated rings. The van der Waals surface area contributed by atoms with Gasteiger partial charge in [0.25, 0.3) is 0 Å². The lowest BCUT2D eigenvalue weighted by Gasteiger charge is -2.24. The van der Waals surface area contributed by atoms with Crippen LogP contribution in [0.4, 0.5) is 0 Å². The minimum absolute atomic E-state index is 1.20. The van der Waals surface area contributed by atoms with Gasteiger partial charge in [0.15, 0.2) is 0 Å². The molecule has 38 heavy (non-hydrogen) atoms. The van der Waals surface area contributed by atoms with Crippen molar-refractivity contribution < 1.29 is 0 Å². The van der Waals surface area contributed by atoms with Gasteiger partial charge >= 0.3 is 0 Å². The summed E-state index contributed by atoms with van der Waals surface area (Å²) in [5.41, 5.74) is 2.80. The fourth-order valence-corrected chi connectivity index (χ4v) is 9.52. The van der Waals surface area contributed by atoms with Gasteiger partial charge < -0.3 is 0 Å². The second kappa shape index (κ2) is 31.5. The second-order valence-electron chi connectivity index (χ2n) is 13.2. The van der Waals surface area contributed by atoms with E-state index in [-0.39, 0.29) is 0 Å². The van der Waals surface area contributed by atoms with Crippen molar-refractivity contribution in [2.45, 2.75) is 226 Å². The van der Waals surface area contributed by atoms with Crippen LogP contribution in [-0.4, -0.2) is 8.07 Å². The fraction of sp³-hybridized carbons (Fsp3) is 0.946. The number of hydrogen-bond acceptors (Lipinski definition) is 0. The average Bonchev–Trinajstić information content (AvgIpc) is 2.92. The lowest BCUT2D eigenvalue weighted by Crippen LogP contribution is -2.27. The molecule has 0 aliphatic heterocycles. The van der Waals surface area contributed by atoms with E-state index in [9.17, 15) is 0 Å². The molecule has 228 valence electrons. The van der Waals surface area contributed by atoms with Crippen molar-refractivity contribution in [3.05, 3.63) is 11.8 Å². The van der Waals surface area contributed by atoms with E-state index in [1.165, 1.54) is 186 Å². The molecule has 0 unspecified atom stereocenters. The first-order chi connectivity index (χ1) is 18.7. The number of rotatable bonds is 32. The summed E-state index contributed by atoms with van der Waals surface area (Å²) in [6, 6.07) is 3.10. The van der Waals surface area contributed by atoms with Crippen molar-refractivity contribution in [3.8, 4) is 0 Å². The molecule has 0 saturated carbocycles. The predicted molar refractivity (Wildman–Crippen MR) is 181 cm³/mol. The molecule has 0 aliphatic rings. The Kier molecular flexibility index (Phi) is 31.4. The van der Waals surface area contributed by atoms with Gasteiger partial charge in [-0.3, -0.25) is 0 Å². The van der Waals surface area contributed by atoms with Crippen LogP contribution >= 0.6 is 0 Å². The standard InChI is InChI=1S/C37H76Si/c1-5-8-11-14-17-20-23-26-29-32-35-38(4,36-33-30-27-24-21-18-15-12-9-6-2)37-34-31-28-25-22-19-16-13-10-7-3/h32,35H,5-31,33-34,36-37H2,1-4H3/b35-32+. The van der Waals surface area contributed by atoms with Crippen molar-refractivity contribution in [2.24, 2.45) is 0 Å². The van der Waals surface area contributed by atoms with Gasteiger partial charge in [0.05, 0.1) is 8.07 Å². The SMILES string of the molecule is CCCCCCCCCC/C=C/[Si](C)(CCCCCCCCCCCC)CCCCCCCCCCCC. The van der Waals surface area contributed by atoms with E-state index in [4.69, 9.17) is 0 Å². The summed E-state index contributed by atoms with van der Waals surface area (Å²) in [5.74, 6) is 0. The van der Waals surface area contributed by atoms with Crippen molar-refractivity contribution in [1.82, 2.24) is 0 Å². The predicted octanol–water partition coefficient (Wildman–Crippen LogP) is 14.5. The zero-order chi connectivity index (χ0) is 27.8. The van der Waals surface area contributed by atoms with Crippen LogP contribution in [0, 0.1) is 0 Å². The largest absolute Gasteiger partial charge is 0.0984 e. The fourth-order valence-electron chi connectivity index (χ4n) is 6.09. The van der Waals surface area contributed by atoms with Gasteiger partial charge in [0, 0.05) is 0 Å². The van der Waals surface area contributed by atoms with Crippen LogP contribution in [0.25, 0.3) is 0 Å². The maximum Gasteiger partial charge on any atom is 0.0743 e. The van der Waals surface area contributed by atoms with E-state index in [0.717, 1.165) is 0 Å². The first-order valence-corrected chi connectivity index (χ1v) is 21.4. The first-order valence-electron chi connectivity index (χ1n) is 18.4. The van der Waals surface area contributed by atoms with Gasteiger partial charge in [-0.2, -0.15) is 0 Å². The van der Waals surface area contributed by atoms with E-state index >= 15 is 0 Å². The number of unbranched alkanes of at least 4 members (excludes halogenated alkanes) is 26. The molecular formula is C37H76Si. The van der Waals surface area contributed by atoms with Gasteiger partial charge in [0.1, 0.15) is 0 Å². The van der Waals surface area contributed by atoms with E-state index in [0.29, 0.717) is 0 Å². The molecule has 0 nitrogen and oxygen atoms in total. The lowest BCUT2D eigenvalue weighted by molar-refractivity contribution is 0.559. The maximum atomic E-state index is 2.80. The Bertz CT molecular complexity index is 430. The van der Waals surface area contributed by atoms with Crippen LogP contribution < -0.4 is 0 Å². The molecule has 0 aromatic carbocycles. The van der Waals surface area contributed by atoms with Crippen LogP contribution in [-0.2, 0) is 0 Å². The Labute approximate surface area is 245 Å². The van der Waals surface area contributed by atoms with Crippen molar-refractivity contribution in [3.63, 3.8) is 0 Å². The highest BCUT2D eigenvalue weighted by molar-refractivity contribution is 6.83. The first kappa shape index (κ1) is 38.0. The third kappa shape index (κ3) is 29.0. The maximum absolute atomic E-state index is 2.80. The smallest absolute Gasteiger partial charge is 0.0743 e. The molecule has 0 radical (unpaired) electrons. The minimum atomic E-state index is -1.20. The van der Waals surface area contributed by atoms with Crippen LogP contribution in [0.15, 0.2) is 11.8 Å². The summed E-state index contributed by atoms with van der Waals surface area (Å²) >= 11 is 0. The van der Waals surface area contributed by atoms with E-state index < -0.39 is 8.07 Å². The molecule has 0 heterocycles. The molecule has 0 aromatic rings. The summed E-state index contributed by atoms with van der Waals surface area (Å²) in [7, 11) is -1.20. The Hall–Kier alpha value is -0.0431. The third-order valence-electron chi connectivity index (χ3n) is 8.95. The Morgan fingerprint density at radius 2 is 0.605 bits per heavy atom. The summed E-state index contributed by atoms with van der Waals surface area (Å²) in [6.07, 6.45) is 44.8. The number of hydrogen-bond donors (Lipinski definition) is 0. The van der Waals surface area contributed by atoms with Crippen LogP contribution in [0.2, 0.25) is 18.6 Å². The van der Waals surface area contributed by atoms with Gasteiger partial charge in [0.2, 0.25) is 0 Å². The summed E-state index contributed by atoms with van der Waals surface area (Å²) in [5, 5.41) is 0. The quantitative estimate of drug-likeness (QED) is 0.0579. The normalized spacial score (nSPS) is 12.2. The summed E-state index contributed by atoms with van der Waals surface area (Å²) in [4.78, 5) is 0. The zero-order valence-corrected chi connectivity index (χ0v) is 28.6. The molecule has 1 heteroatoms. The molecule has 0 spiro atoms. The van der Waals surface area contributed by atoms with Crippen molar-refractivity contribution in [2.75, 3.05) is 0 Å². The summed E-state index contributed by atoms with van der Waals surface area (Å²) < 4.78 is 0. The van der Waals surface area contributed by atoms with Gasteiger partial charge in [-0.1, -0.05) is 225 Å². The second-order valence-corrected chi connectivity index (χ2v) is 17.8. The van der Waals surface area contributed by atoms with Gasteiger partial charge in [-0.15, -0.1) is 0 Å². The van der Waals surface area contributed by atoms with Crippen LogP contribution in [0.5, 0.6) is 0 Å². The molecule has 0 aliphatic carbocycles. The average molecular weight is 549 g/mol. The molecule has 0 atom stereocenters. The van der Waals surface area contributed by atoms with Crippen LogP contribution in [0.1, 0.15) is 207 Å². The van der Waals surface area contributed by atoms with Gasteiger partial charge in [-0.05, 0) is 12.8 Å². The summed E-state index contributed by atoms with van der Waals surface area (Å²) in [6.45, 7) is 9.67.